The van der Waals surface area contributed by atoms with E-state index in [0.29, 0.717) is 31.2 Å². The van der Waals surface area contributed by atoms with E-state index in [1.54, 1.807) is 18.7 Å². The first-order valence-electron chi connectivity index (χ1n) is 9.06. The highest BCUT2D eigenvalue weighted by Crippen LogP contribution is 2.32. The third kappa shape index (κ3) is 3.67. The Kier molecular flexibility index (Phi) is 4.82. The molecule has 4 rings (SSSR count). The van der Waals surface area contributed by atoms with Crippen LogP contribution in [0.3, 0.4) is 0 Å². The van der Waals surface area contributed by atoms with Crippen LogP contribution in [0.15, 0.2) is 47.5 Å². The van der Waals surface area contributed by atoms with Gasteiger partial charge in [-0.25, -0.2) is 9.97 Å². The van der Waals surface area contributed by atoms with Gasteiger partial charge in [0.15, 0.2) is 5.76 Å². The molecule has 0 spiro atoms. The van der Waals surface area contributed by atoms with Crippen LogP contribution in [0.25, 0.3) is 22.6 Å². The normalized spacial score (nSPS) is 14.0. The molecule has 0 aliphatic carbocycles. The minimum absolute atomic E-state index is 0.220. The van der Waals surface area contributed by atoms with Gasteiger partial charge in [0.25, 0.3) is 0 Å². The number of carbonyl (C=O) groups excluding carboxylic acids is 1. The molecule has 1 saturated heterocycles. The van der Waals surface area contributed by atoms with Crippen molar-refractivity contribution in [3.05, 3.63) is 48.6 Å². The van der Waals surface area contributed by atoms with E-state index in [-0.39, 0.29) is 5.91 Å². The second kappa shape index (κ2) is 7.57. The number of amides is 1. The number of nitrogens with one attached hydrogen (secondary N) is 1. The minimum atomic E-state index is 0.220. The highest BCUT2D eigenvalue weighted by atomic mass is 16.3. The number of likely N-dealkylation sites (tertiary alicyclic amines) is 1. The van der Waals surface area contributed by atoms with Gasteiger partial charge in [-0.05, 0) is 42.7 Å². The van der Waals surface area contributed by atoms with Crippen molar-refractivity contribution in [2.45, 2.75) is 19.8 Å². The van der Waals surface area contributed by atoms with Crippen molar-refractivity contribution in [2.75, 3.05) is 25.0 Å². The third-order valence-corrected chi connectivity index (χ3v) is 4.69. The molecule has 27 heavy (non-hydrogen) atoms. The lowest BCUT2D eigenvalue weighted by molar-refractivity contribution is -0.127. The van der Waals surface area contributed by atoms with E-state index in [4.69, 9.17) is 4.42 Å². The number of anilines is 1. The quantitative estimate of drug-likeness (QED) is 0.724. The van der Waals surface area contributed by atoms with Crippen LogP contribution in [0.5, 0.6) is 0 Å². The number of nitrogens with zero attached hydrogens (tertiary/aromatic N) is 4. The highest BCUT2D eigenvalue weighted by molar-refractivity contribution is 5.80. The second-order valence-corrected chi connectivity index (χ2v) is 6.53. The Morgan fingerprint density at radius 3 is 2.93 bits per heavy atom. The molecule has 3 aromatic heterocycles. The summed E-state index contributed by atoms with van der Waals surface area (Å²) in [5.74, 6) is 1.42. The van der Waals surface area contributed by atoms with Gasteiger partial charge in [0.1, 0.15) is 5.69 Å². The molecular formula is C20H21N5O2. The van der Waals surface area contributed by atoms with Crippen molar-refractivity contribution in [3.63, 3.8) is 0 Å². The molecule has 0 radical (unpaired) electrons. The van der Waals surface area contributed by atoms with Gasteiger partial charge >= 0.3 is 0 Å². The van der Waals surface area contributed by atoms with Crippen molar-refractivity contribution in [1.29, 1.82) is 0 Å². The summed E-state index contributed by atoms with van der Waals surface area (Å²) >= 11 is 0. The lowest BCUT2D eigenvalue weighted by Gasteiger charge is -2.16. The third-order valence-electron chi connectivity index (χ3n) is 4.69. The van der Waals surface area contributed by atoms with E-state index in [0.717, 1.165) is 35.3 Å². The summed E-state index contributed by atoms with van der Waals surface area (Å²) in [4.78, 5) is 26.9. The molecule has 0 aromatic carbocycles. The van der Waals surface area contributed by atoms with E-state index < -0.39 is 0 Å². The molecule has 0 bridgehead atoms. The molecule has 3 aromatic rings. The lowest BCUT2D eigenvalue weighted by atomic mass is 10.0. The maximum atomic E-state index is 11.7. The molecule has 7 nitrogen and oxygen atoms in total. The highest BCUT2D eigenvalue weighted by Gasteiger charge is 2.19. The number of furan rings is 1. The summed E-state index contributed by atoms with van der Waals surface area (Å²) in [5.41, 5.74) is 3.68. The zero-order chi connectivity index (χ0) is 18.6. The SMILES string of the molecule is Cc1cnccc1-c1cnc(NCCN2CCCC2=O)nc1-c1ccco1. The average molecular weight is 363 g/mol. The molecule has 0 atom stereocenters. The van der Waals surface area contributed by atoms with Gasteiger partial charge in [-0.15, -0.1) is 0 Å². The molecule has 0 unspecified atom stereocenters. The Bertz CT molecular complexity index is 939. The van der Waals surface area contributed by atoms with Crippen molar-refractivity contribution >= 4 is 11.9 Å². The maximum Gasteiger partial charge on any atom is 0.223 e. The fourth-order valence-corrected chi connectivity index (χ4v) is 3.28. The van der Waals surface area contributed by atoms with Crippen molar-refractivity contribution in [3.8, 4) is 22.6 Å². The van der Waals surface area contributed by atoms with Crippen LogP contribution in [0, 0.1) is 6.92 Å². The zero-order valence-electron chi connectivity index (χ0n) is 15.2. The number of aromatic nitrogens is 3. The van der Waals surface area contributed by atoms with Gasteiger partial charge in [0.2, 0.25) is 11.9 Å². The lowest BCUT2D eigenvalue weighted by Crippen LogP contribution is -2.30. The molecule has 7 heteroatoms. The van der Waals surface area contributed by atoms with E-state index >= 15 is 0 Å². The fourth-order valence-electron chi connectivity index (χ4n) is 3.28. The molecule has 1 amide bonds. The standard InChI is InChI=1S/C20H21N5O2/c1-14-12-21-7-6-15(14)16-13-23-20(24-19(16)17-4-3-11-27-17)22-8-10-25-9-2-5-18(25)26/h3-4,6-7,11-13H,2,5,8-10H2,1H3,(H,22,23,24). The number of hydrogen-bond acceptors (Lipinski definition) is 6. The topological polar surface area (TPSA) is 84.2 Å². The van der Waals surface area contributed by atoms with Gasteiger partial charge in [-0.1, -0.05) is 0 Å². The van der Waals surface area contributed by atoms with E-state index in [9.17, 15) is 4.79 Å². The number of hydrogen-bond donors (Lipinski definition) is 1. The molecule has 0 saturated carbocycles. The minimum Gasteiger partial charge on any atom is -0.463 e. The Morgan fingerprint density at radius 2 is 2.19 bits per heavy atom. The molecule has 1 N–H and O–H groups in total. The van der Waals surface area contributed by atoms with Gasteiger partial charge in [0.05, 0.1) is 6.26 Å². The number of pyridine rings is 1. The van der Waals surface area contributed by atoms with Crippen molar-refractivity contribution in [1.82, 2.24) is 19.9 Å². The van der Waals surface area contributed by atoms with Crippen molar-refractivity contribution < 1.29 is 9.21 Å². The first-order valence-corrected chi connectivity index (χ1v) is 9.06. The Hall–Kier alpha value is -3.22. The maximum absolute atomic E-state index is 11.7. The first-order chi connectivity index (χ1) is 13.2. The zero-order valence-corrected chi connectivity index (χ0v) is 15.2. The summed E-state index contributed by atoms with van der Waals surface area (Å²) in [5, 5.41) is 3.22. The van der Waals surface area contributed by atoms with Crippen LogP contribution in [-0.2, 0) is 4.79 Å². The van der Waals surface area contributed by atoms with E-state index in [2.05, 4.69) is 20.3 Å². The van der Waals surface area contributed by atoms with Crippen LogP contribution >= 0.6 is 0 Å². The second-order valence-electron chi connectivity index (χ2n) is 6.53. The van der Waals surface area contributed by atoms with Gasteiger partial charge in [-0.3, -0.25) is 9.78 Å². The number of aryl methyl sites for hydroxylation is 1. The number of rotatable bonds is 6. The number of carbonyl (C=O) groups is 1. The monoisotopic (exact) mass is 363 g/mol. The summed E-state index contributed by atoms with van der Waals surface area (Å²) in [7, 11) is 0. The fraction of sp³-hybridized carbons (Fsp3) is 0.300. The molecular weight excluding hydrogens is 342 g/mol. The average Bonchev–Trinajstić information content (AvgIpc) is 3.35. The predicted octanol–water partition coefficient (Wildman–Crippen LogP) is 3.14. The first kappa shape index (κ1) is 17.2. The summed E-state index contributed by atoms with van der Waals surface area (Å²) in [6.45, 7) is 4.10. The van der Waals surface area contributed by atoms with Crippen molar-refractivity contribution in [2.24, 2.45) is 0 Å². The van der Waals surface area contributed by atoms with Gasteiger partial charge < -0.3 is 14.6 Å². The van der Waals surface area contributed by atoms with Crippen LogP contribution in [0.1, 0.15) is 18.4 Å². The largest absolute Gasteiger partial charge is 0.463 e. The summed E-state index contributed by atoms with van der Waals surface area (Å²) in [6.07, 6.45) is 8.61. The predicted molar refractivity (Wildman–Crippen MR) is 102 cm³/mol. The molecule has 138 valence electrons. The van der Waals surface area contributed by atoms with E-state index in [1.807, 2.05) is 36.2 Å². The van der Waals surface area contributed by atoms with Gasteiger partial charge in [-0.2, -0.15) is 0 Å². The summed E-state index contributed by atoms with van der Waals surface area (Å²) < 4.78 is 5.59. The Labute approximate surface area is 157 Å². The Morgan fingerprint density at radius 1 is 1.26 bits per heavy atom. The van der Waals surface area contributed by atoms with Crippen LogP contribution in [-0.4, -0.2) is 45.4 Å². The van der Waals surface area contributed by atoms with Crippen LogP contribution in [0.4, 0.5) is 5.95 Å². The Balaban J connectivity index is 1.59. The van der Waals surface area contributed by atoms with Crippen LogP contribution < -0.4 is 5.32 Å². The molecule has 1 aliphatic heterocycles. The van der Waals surface area contributed by atoms with Crippen LogP contribution in [0.2, 0.25) is 0 Å². The molecule has 4 heterocycles. The molecule has 1 aliphatic rings. The summed E-state index contributed by atoms with van der Waals surface area (Å²) in [6, 6.07) is 5.67. The van der Waals surface area contributed by atoms with Gasteiger partial charge in [0, 0.05) is 50.2 Å². The van der Waals surface area contributed by atoms with E-state index in [1.165, 1.54) is 0 Å². The molecule has 1 fully saturated rings. The smallest absolute Gasteiger partial charge is 0.223 e.